The van der Waals surface area contributed by atoms with Gasteiger partial charge in [-0.15, -0.1) is 0 Å². The minimum atomic E-state index is -0.163. The third-order valence-corrected chi connectivity index (χ3v) is 9.03. The first kappa shape index (κ1) is 25.6. The van der Waals surface area contributed by atoms with Crippen LogP contribution in [0.1, 0.15) is 58.8 Å². The maximum absolute atomic E-state index is 13.6. The van der Waals surface area contributed by atoms with Gasteiger partial charge in [-0.05, 0) is 90.6 Å². The molecule has 0 saturated carbocycles. The smallest absolute Gasteiger partial charge is 0.253 e. The van der Waals surface area contributed by atoms with Crippen LogP contribution in [0, 0.1) is 5.41 Å². The van der Waals surface area contributed by atoms with E-state index in [4.69, 9.17) is 11.6 Å². The van der Waals surface area contributed by atoms with Gasteiger partial charge < -0.3 is 15.1 Å². The quantitative estimate of drug-likeness (QED) is 0.423. The summed E-state index contributed by atoms with van der Waals surface area (Å²) in [6.45, 7) is 3.65. The predicted molar refractivity (Wildman–Crippen MR) is 155 cm³/mol. The minimum Gasteiger partial charge on any atom is -0.371 e. The molecule has 1 N–H and O–H groups in total. The van der Waals surface area contributed by atoms with Gasteiger partial charge in [0.1, 0.15) is 0 Å². The Morgan fingerprint density at radius 2 is 1.77 bits per heavy atom. The highest BCUT2D eigenvalue weighted by Crippen LogP contribution is 2.42. The first-order chi connectivity index (χ1) is 19.0. The van der Waals surface area contributed by atoms with Gasteiger partial charge in [-0.1, -0.05) is 35.9 Å². The normalized spacial score (nSPS) is 20.0. The number of aryl methyl sites for hydroxylation is 1. The molecular weight excluding hydrogens is 508 g/mol. The molecule has 2 fully saturated rings. The zero-order chi connectivity index (χ0) is 26.8. The fraction of sp³-hybridized carbons (Fsp3) is 0.344. The highest BCUT2D eigenvalue weighted by molar-refractivity contribution is 6.32. The van der Waals surface area contributed by atoms with Crippen molar-refractivity contribution in [2.24, 2.45) is 5.41 Å². The molecule has 1 aromatic heterocycles. The van der Waals surface area contributed by atoms with E-state index in [1.807, 2.05) is 47.6 Å². The summed E-state index contributed by atoms with van der Waals surface area (Å²) in [6, 6.07) is 17.5. The summed E-state index contributed by atoms with van der Waals surface area (Å²) in [5.74, 6) is -0.0640. The molecule has 2 aromatic carbocycles. The Morgan fingerprint density at radius 3 is 2.56 bits per heavy atom. The lowest BCUT2D eigenvalue weighted by molar-refractivity contribution is -0.117. The number of pyridine rings is 1. The van der Waals surface area contributed by atoms with Gasteiger partial charge in [-0.3, -0.25) is 14.6 Å². The molecule has 2 amide bonds. The van der Waals surface area contributed by atoms with Crippen LogP contribution >= 0.6 is 11.6 Å². The number of anilines is 1. The molecule has 0 bridgehead atoms. The number of benzene rings is 2. The van der Waals surface area contributed by atoms with Crippen molar-refractivity contribution in [1.29, 1.82) is 0 Å². The summed E-state index contributed by atoms with van der Waals surface area (Å²) in [6.07, 6.45) is 11.9. The summed E-state index contributed by atoms with van der Waals surface area (Å²) in [7, 11) is 0. The number of nitrogens with zero attached hydrogens (tertiary/aromatic N) is 3. The number of nitrogens with one attached hydrogen (secondary N) is 1. The van der Waals surface area contributed by atoms with E-state index < -0.39 is 0 Å². The predicted octanol–water partition coefficient (Wildman–Crippen LogP) is 5.68. The number of fused-ring (bicyclic) bond motifs is 1. The summed E-state index contributed by atoms with van der Waals surface area (Å²) < 4.78 is 0. The average molecular weight is 541 g/mol. The molecule has 6 rings (SSSR count). The van der Waals surface area contributed by atoms with Crippen molar-refractivity contribution in [2.75, 3.05) is 31.1 Å². The maximum atomic E-state index is 13.6. The molecule has 7 heteroatoms. The molecule has 39 heavy (non-hydrogen) atoms. The lowest BCUT2D eigenvalue weighted by atomic mass is 9.77. The first-order valence-electron chi connectivity index (χ1n) is 13.8. The third kappa shape index (κ3) is 5.44. The minimum absolute atomic E-state index is 0.0985. The number of halogens is 1. The molecule has 2 saturated heterocycles. The highest BCUT2D eigenvalue weighted by atomic mass is 35.5. The van der Waals surface area contributed by atoms with Gasteiger partial charge in [0.15, 0.2) is 0 Å². The van der Waals surface area contributed by atoms with Gasteiger partial charge in [0, 0.05) is 60.9 Å². The van der Waals surface area contributed by atoms with E-state index in [2.05, 4.69) is 33.4 Å². The molecule has 3 aliphatic rings. The van der Waals surface area contributed by atoms with E-state index in [0.29, 0.717) is 10.6 Å². The molecule has 3 heterocycles. The van der Waals surface area contributed by atoms with E-state index in [1.165, 1.54) is 17.3 Å². The van der Waals surface area contributed by atoms with Crippen LogP contribution in [0.2, 0.25) is 5.02 Å². The van der Waals surface area contributed by atoms with Crippen LogP contribution in [0.5, 0.6) is 0 Å². The van der Waals surface area contributed by atoms with E-state index in [1.54, 1.807) is 12.1 Å². The fourth-order valence-electron chi connectivity index (χ4n) is 6.37. The number of hydrogen-bond acceptors (Lipinski definition) is 4. The Labute approximate surface area is 234 Å². The van der Waals surface area contributed by atoms with Crippen molar-refractivity contribution in [3.05, 3.63) is 100 Å². The Morgan fingerprint density at radius 1 is 1.00 bits per heavy atom. The van der Waals surface area contributed by atoms with Gasteiger partial charge in [0.2, 0.25) is 5.91 Å². The first-order valence-corrected chi connectivity index (χ1v) is 14.2. The second-order valence-corrected chi connectivity index (χ2v) is 11.4. The van der Waals surface area contributed by atoms with Crippen molar-refractivity contribution in [2.45, 2.75) is 38.1 Å². The highest BCUT2D eigenvalue weighted by Gasteiger charge is 2.42. The molecule has 2 aliphatic heterocycles. The number of aromatic nitrogens is 1. The molecule has 0 radical (unpaired) electrons. The molecule has 6 nitrogen and oxygen atoms in total. The van der Waals surface area contributed by atoms with Gasteiger partial charge in [0.05, 0.1) is 6.04 Å². The van der Waals surface area contributed by atoms with Crippen molar-refractivity contribution >= 4 is 35.2 Å². The standard InChI is InChI=1S/C32H33ClN4O2/c33-28-4-2-1-3-24(28)8-10-30(38)35-29-9-7-23-5-6-25(21-27(23)29)31(39)37-20-15-32(22-37)13-18-36(19-14-32)26-11-16-34-17-12-26/h1-6,8,10-12,16-17,21,29H,7,9,13-15,18-20,22H2,(H,35,38)/b10-8+. The van der Waals surface area contributed by atoms with E-state index in [9.17, 15) is 9.59 Å². The van der Waals surface area contributed by atoms with Crippen LogP contribution in [0.3, 0.4) is 0 Å². The zero-order valence-electron chi connectivity index (χ0n) is 22.0. The van der Waals surface area contributed by atoms with E-state index in [0.717, 1.165) is 69.4 Å². The van der Waals surface area contributed by atoms with Crippen LogP contribution in [0.25, 0.3) is 6.08 Å². The van der Waals surface area contributed by atoms with Crippen LogP contribution in [0.15, 0.2) is 73.1 Å². The Bertz CT molecular complexity index is 1400. The Balaban J connectivity index is 1.09. The summed E-state index contributed by atoms with van der Waals surface area (Å²) in [5, 5.41) is 3.73. The third-order valence-electron chi connectivity index (χ3n) is 8.68. The number of piperidine rings is 1. The van der Waals surface area contributed by atoms with Gasteiger partial charge >= 0.3 is 0 Å². The van der Waals surface area contributed by atoms with Crippen LogP contribution < -0.4 is 10.2 Å². The van der Waals surface area contributed by atoms with Crippen molar-refractivity contribution < 1.29 is 9.59 Å². The summed E-state index contributed by atoms with van der Waals surface area (Å²) in [5.41, 5.74) is 5.21. The summed E-state index contributed by atoms with van der Waals surface area (Å²) in [4.78, 5) is 34.9. The number of carbonyl (C=O) groups is 2. The lowest BCUT2D eigenvalue weighted by Gasteiger charge is -2.40. The number of rotatable bonds is 5. The van der Waals surface area contributed by atoms with Crippen molar-refractivity contribution in [3.8, 4) is 0 Å². The lowest BCUT2D eigenvalue weighted by Crippen LogP contribution is -2.42. The van der Waals surface area contributed by atoms with Crippen LogP contribution in [-0.4, -0.2) is 47.9 Å². The maximum Gasteiger partial charge on any atom is 0.253 e. The Kier molecular flexibility index (Phi) is 7.13. The van der Waals surface area contributed by atoms with Gasteiger partial charge in [-0.25, -0.2) is 0 Å². The number of likely N-dealkylation sites (tertiary alicyclic amines) is 1. The fourth-order valence-corrected chi connectivity index (χ4v) is 6.57. The second kappa shape index (κ2) is 10.9. The van der Waals surface area contributed by atoms with Gasteiger partial charge in [-0.2, -0.15) is 0 Å². The molecule has 1 unspecified atom stereocenters. The van der Waals surface area contributed by atoms with Crippen molar-refractivity contribution in [1.82, 2.24) is 15.2 Å². The summed E-state index contributed by atoms with van der Waals surface area (Å²) >= 11 is 6.20. The molecule has 1 aliphatic carbocycles. The number of amides is 2. The van der Waals surface area contributed by atoms with E-state index in [-0.39, 0.29) is 23.3 Å². The second-order valence-electron chi connectivity index (χ2n) is 11.0. The number of carbonyl (C=O) groups excluding carboxylic acids is 2. The van der Waals surface area contributed by atoms with Crippen LogP contribution in [0.4, 0.5) is 5.69 Å². The molecule has 3 aromatic rings. The topological polar surface area (TPSA) is 65.5 Å². The molecule has 1 atom stereocenters. The zero-order valence-corrected chi connectivity index (χ0v) is 22.7. The van der Waals surface area contributed by atoms with E-state index >= 15 is 0 Å². The van der Waals surface area contributed by atoms with Crippen molar-refractivity contribution in [3.63, 3.8) is 0 Å². The number of hydrogen-bond donors (Lipinski definition) is 1. The monoisotopic (exact) mass is 540 g/mol. The molecule has 200 valence electrons. The SMILES string of the molecule is O=C(/C=C/c1ccccc1Cl)NC1CCc2ccc(C(=O)N3CCC4(CCN(c5ccncc5)CC4)C3)cc21. The average Bonchev–Trinajstić information content (AvgIpc) is 3.57. The van der Waals surface area contributed by atoms with Gasteiger partial charge in [0.25, 0.3) is 5.91 Å². The molecule has 1 spiro atoms. The molecular formula is C32H33ClN4O2. The largest absolute Gasteiger partial charge is 0.371 e. The van der Waals surface area contributed by atoms with Crippen LogP contribution in [-0.2, 0) is 11.2 Å². The Hall–Kier alpha value is -3.64.